The Kier molecular flexibility index (Phi) is 8.02. The summed E-state index contributed by atoms with van der Waals surface area (Å²) >= 11 is 0. The molecule has 228 valence electrons. The average molecular weight is 595 g/mol. The van der Waals surface area contributed by atoms with Gasteiger partial charge in [-0.3, -0.25) is 9.69 Å². The Balaban J connectivity index is 1.55. The maximum absolute atomic E-state index is 13.5. The Labute approximate surface area is 249 Å². The van der Waals surface area contributed by atoms with Gasteiger partial charge in [0, 0.05) is 38.2 Å². The molecule has 0 radical (unpaired) electrons. The number of benzene rings is 3. The summed E-state index contributed by atoms with van der Waals surface area (Å²) in [6, 6.07) is 13.6. The van der Waals surface area contributed by atoms with Crippen LogP contribution in [0.15, 0.2) is 48.5 Å². The number of halogens is 3. The van der Waals surface area contributed by atoms with Crippen LogP contribution in [-0.2, 0) is 31.1 Å². The van der Waals surface area contributed by atoms with Crippen LogP contribution < -0.4 is 4.74 Å². The Morgan fingerprint density at radius 3 is 2.53 bits per heavy atom. The first-order valence-electron chi connectivity index (χ1n) is 14.4. The lowest BCUT2D eigenvalue weighted by Gasteiger charge is -2.33. The summed E-state index contributed by atoms with van der Waals surface area (Å²) in [5, 5.41) is 18.8. The van der Waals surface area contributed by atoms with Crippen molar-refractivity contribution < 1.29 is 27.8 Å². The van der Waals surface area contributed by atoms with Gasteiger partial charge in [0.2, 0.25) is 0 Å². The van der Waals surface area contributed by atoms with E-state index >= 15 is 0 Å². The van der Waals surface area contributed by atoms with E-state index in [-0.39, 0.29) is 6.10 Å². The summed E-state index contributed by atoms with van der Waals surface area (Å²) in [7, 11) is 1.82. The summed E-state index contributed by atoms with van der Waals surface area (Å²) in [5.74, 6) is -0.946. The number of hydrogen-bond acceptors (Lipinski definition) is 5. The fourth-order valence-corrected chi connectivity index (χ4v) is 6.09. The second-order valence-electron chi connectivity index (χ2n) is 12.1. The highest BCUT2D eigenvalue weighted by Crippen LogP contribution is 2.44. The van der Waals surface area contributed by atoms with E-state index in [4.69, 9.17) is 4.74 Å². The zero-order valence-corrected chi connectivity index (χ0v) is 25.3. The lowest BCUT2D eigenvalue weighted by molar-refractivity contribution is -0.147. The number of carboxylic acid groups (broad SMARTS) is 1. The van der Waals surface area contributed by atoms with Gasteiger partial charge in [-0.15, -0.1) is 5.10 Å². The van der Waals surface area contributed by atoms with Crippen LogP contribution in [0.3, 0.4) is 0 Å². The number of hydrogen-bond donors (Lipinski definition) is 1. The molecule has 0 amide bonds. The number of rotatable bonds is 7. The second kappa shape index (κ2) is 11.3. The first-order chi connectivity index (χ1) is 20.2. The zero-order chi connectivity index (χ0) is 31.3. The third kappa shape index (κ3) is 5.85. The molecule has 1 aromatic heterocycles. The number of carboxylic acids is 1. The number of fused-ring (bicyclic) bond motifs is 2. The van der Waals surface area contributed by atoms with Crippen molar-refractivity contribution in [2.24, 2.45) is 12.5 Å². The van der Waals surface area contributed by atoms with E-state index in [1.807, 2.05) is 58.2 Å². The maximum atomic E-state index is 13.5. The number of ether oxygens (including phenoxy) is 1. The predicted molar refractivity (Wildman–Crippen MR) is 158 cm³/mol. The molecule has 0 fully saturated rings. The Bertz CT molecular complexity index is 1680. The van der Waals surface area contributed by atoms with Gasteiger partial charge >= 0.3 is 12.1 Å². The minimum absolute atomic E-state index is 0.179. The number of aromatic nitrogens is 3. The van der Waals surface area contributed by atoms with E-state index in [0.29, 0.717) is 37.4 Å². The summed E-state index contributed by atoms with van der Waals surface area (Å²) in [6.45, 7) is 10.7. The van der Waals surface area contributed by atoms with Crippen LogP contribution in [0.5, 0.6) is 5.75 Å². The molecule has 1 aliphatic rings. The lowest BCUT2D eigenvalue weighted by Crippen LogP contribution is -2.33. The summed E-state index contributed by atoms with van der Waals surface area (Å²) in [5.41, 5.74) is 4.80. The molecular formula is C33H37F3N4O3. The van der Waals surface area contributed by atoms with Crippen molar-refractivity contribution in [1.29, 1.82) is 0 Å². The fourth-order valence-electron chi connectivity index (χ4n) is 6.09. The topological polar surface area (TPSA) is 80.5 Å². The molecule has 2 atom stereocenters. The molecule has 43 heavy (non-hydrogen) atoms. The SMILES string of the molecule is CC[C@@H]1CN(Cc2cc(C(c3ccc4c(nnn4C)c3C)C(C)(C)C(=O)O)ccc2C)Cc2cc(C(F)(F)F)ccc2O1. The first kappa shape index (κ1) is 30.5. The lowest BCUT2D eigenvalue weighted by atomic mass is 9.69. The van der Waals surface area contributed by atoms with Crippen molar-refractivity contribution in [2.45, 2.75) is 72.3 Å². The van der Waals surface area contributed by atoms with Crippen LogP contribution in [0, 0.1) is 19.3 Å². The van der Waals surface area contributed by atoms with Gasteiger partial charge in [0.25, 0.3) is 0 Å². The highest BCUT2D eigenvalue weighted by atomic mass is 19.4. The van der Waals surface area contributed by atoms with Crippen molar-refractivity contribution in [3.05, 3.63) is 87.5 Å². The minimum Gasteiger partial charge on any atom is -0.489 e. The van der Waals surface area contributed by atoms with Crippen molar-refractivity contribution in [3.63, 3.8) is 0 Å². The van der Waals surface area contributed by atoms with Gasteiger partial charge < -0.3 is 9.84 Å². The first-order valence-corrected chi connectivity index (χ1v) is 14.4. The van der Waals surface area contributed by atoms with Gasteiger partial charge in [-0.2, -0.15) is 13.2 Å². The van der Waals surface area contributed by atoms with E-state index < -0.39 is 29.0 Å². The highest BCUT2D eigenvalue weighted by molar-refractivity contribution is 5.81. The Morgan fingerprint density at radius 1 is 1.12 bits per heavy atom. The molecule has 1 aliphatic heterocycles. The van der Waals surface area contributed by atoms with E-state index in [1.165, 1.54) is 12.1 Å². The fraction of sp³-hybridized carbons (Fsp3) is 0.424. The number of aliphatic carboxylic acids is 1. The van der Waals surface area contributed by atoms with Gasteiger partial charge in [0.15, 0.2) is 0 Å². The molecule has 0 aliphatic carbocycles. The van der Waals surface area contributed by atoms with Crippen molar-refractivity contribution >= 4 is 17.0 Å². The largest absolute Gasteiger partial charge is 0.489 e. The second-order valence-corrected chi connectivity index (χ2v) is 12.1. The predicted octanol–water partition coefficient (Wildman–Crippen LogP) is 7.02. The van der Waals surface area contributed by atoms with Crippen molar-refractivity contribution in [1.82, 2.24) is 19.9 Å². The van der Waals surface area contributed by atoms with Gasteiger partial charge in [-0.1, -0.05) is 36.4 Å². The molecule has 1 unspecified atom stereocenters. The van der Waals surface area contributed by atoms with Crippen LogP contribution in [-0.4, -0.2) is 43.6 Å². The van der Waals surface area contributed by atoms with Crippen molar-refractivity contribution in [3.8, 4) is 5.75 Å². The molecule has 1 N–H and O–H groups in total. The van der Waals surface area contributed by atoms with Crippen LogP contribution >= 0.6 is 0 Å². The monoisotopic (exact) mass is 594 g/mol. The smallest absolute Gasteiger partial charge is 0.416 e. The Hall–Kier alpha value is -3.92. The number of alkyl halides is 3. The quantitative estimate of drug-likeness (QED) is 0.248. The molecular weight excluding hydrogens is 557 g/mol. The van der Waals surface area contributed by atoms with Gasteiger partial charge in [-0.25, -0.2) is 4.68 Å². The maximum Gasteiger partial charge on any atom is 0.416 e. The minimum atomic E-state index is -4.44. The van der Waals surface area contributed by atoms with Crippen LogP contribution in [0.1, 0.15) is 72.1 Å². The molecule has 7 nitrogen and oxygen atoms in total. The highest BCUT2D eigenvalue weighted by Gasteiger charge is 2.40. The number of nitrogens with zero attached hydrogens (tertiary/aromatic N) is 4. The molecule has 0 bridgehead atoms. The van der Waals surface area contributed by atoms with E-state index in [2.05, 4.69) is 15.2 Å². The molecule has 0 spiro atoms. The normalized spacial score (nSPS) is 16.9. The van der Waals surface area contributed by atoms with E-state index in [0.717, 1.165) is 44.9 Å². The molecule has 3 aromatic carbocycles. The van der Waals surface area contributed by atoms with Crippen LogP contribution in [0.2, 0.25) is 0 Å². The summed E-state index contributed by atoms with van der Waals surface area (Å²) < 4.78 is 48.4. The van der Waals surface area contributed by atoms with Crippen molar-refractivity contribution in [2.75, 3.05) is 6.54 Å². The van der Waals surface area contributed by atoms with Crippen LogP contribution in [0.4, 0.5) is 13.2 Å². The van der Waals surface area contributed by atoms with Crippen LogP contribution in [0.25, 0.3) is 11.0 Å². The molecule has 4 aromatic rings. The van der Waals surface area contributed by atoms with Gasteiger partial charge in [0.1, 0.15) is 17.4 Å². The molecule has 10 heteroatoms. The summed E-state index contributed by atoms with van der Waals surface area (Å²) in [4.78, 5) is 14.8. The van der Waals surface area contributed by atoms with E-state index in [9.17, 15) is 23.1 Å². The van der Waals surface area contributed by atoms with Gasteiger partial charge in [-0.05, 0) is 86.2 Å². The average Bonchev–Trinajstić information content (AvgIpc) is 3.22. The number of aryl methyl sites for hydroxylation is 3. The third-order valence-electron chi connectivity index (χ3n) is 8.76. The number of carbonyl (C=O) groups is 1. The Morgan fingerprint density at radius 2 is 1.86 bits per heavy atom. The molecule has 2 heterocycles. The third-order valence-corrected chi connectivity index (χ3v) is 8.76. The molecule has 5 rings (SSSR count). The standard InChI is InChI=1S/C33H37F3N4O3/c1-7-25-18-40(17-23-15-24(33(34,35)36)10-13-28(23)43-25)16-22-14-21(9-8-19(22)2)29(32(4,5)31(41)42)26-11-12-27-30(20(26)3)37-38-39(27)6/h8-15,25,29H,7,16-18H2,1-6H3,(H,41,42)/t25-,29?/m1/s1. The van der Waals surface area contributed by atoms with Gasteiger partial charge in [0.05, 0.1) is 16.5 Å². The summed E-state index contributed by atoms with van der Waals surface area (Å²) in [6.07, 6.45) is -3.92. The van der Waals surface area contributed by atoms with E-state index in [1.54, 1.807) is 18.5 Å². The molecule has 0 saturated heterocycles. The molecule has 0 saturated carbocycles. The zero-order valence-electron chi connectivity index (χ0n) is 25.3.